The number of hydrogen-bond acceptors (Lipinski definition) is 6. The van der Waals surface area contributed by atoms with Crippen LogP contribution in [0.2, 0.25) is 0 Å². The van der Waals surface area contributed by atoms with Gasteiger partial charge in [-0.15, -0.1) is 11.3 Å². The topological polar surface area (TPSA) is 59.9 Å². The van der Waals surface area contributed by atoms with Crippen molar-refractivity contribution >= 4 is 27.4 Å². The van der Waals surface area contributed by atoms with Gasteiger partial charge in [-0.05, 0) is 31.5 Å². The van der Waals surface area contributed by atoms with Crippen molar-refractivity contribution in [2.24, 2.45) is 0 Å². The van der Waals surface area contributed by atoms with Gasteiger partial charge in [-0.1, -0.05) is 36.4 Å². The quantitative estimate of drug-likeness (QED) is 0.492. The Hall–Kier alpha value is -2.83. The number of methoxy groups -OCH3 is 1. The molecule has 0 aliphatic carbocycles. The Labute approximate surface area is 168 Å². The molecule has 0 aliphatic heterocycles. The van der Waals surface area contributed by atoms with Crippen LogP contribution in [0.1, 0.15) is 11.8 Å². The molecule has 1 N–H and O–H groups in total. The van der Waals surface area contributed by atoms with Gasteiger partial charge in [0.15, 0.2) is 5.82 Å². The third kappa shape index (κ3) is 3.61. The number of ether oxygens (including phenoxy) is 1. The molecule has 4 aromatic rings. The van der Waals surface area contributed by atoms with E-state index < -0.39 is 0 Å². The second kappa shape index (κ2) is 8.04. The van der Waals surface area contributed by atoms with E-state index in [0.717, 1.165) is 21.7 Å². The minimum Gasteiger partial charge on any atom is -0.383 e. The van der Waals surface area contributed by atoms with E-state index in [1.54, 1.807) is 24.6 Å². The highest BCUT2D eigenvalue weighted by atomic mass is 32.1. The van der Waals surface area contributed by atoms with Crippen LogP contribution >= 0.6 is 11.3 Å². The predicted molar refractivity (Wildman–Crippen MR) is 116 cm³/mol. The Bertz CT molecular complexity index is 1080. The number of aryl methyl sites for hydroxylation is 1. The Kier molecular flexibility index (Phi) is 5.32. The van der Waals surface area contributed by atoms with Gasteiger partial charge >= 0.3 is 0 Å². The maximum atomic E-state index is 5.31. The van der Waals surface area contributed by atoms with Crippen LogP contribution < -0.4 is 5.32 Å². The molecule has 1 unspecified atom stereocenters. The van der Waals surface area contributed by atoms with Crippen LogP contribution in [0.15, 0.2) is 54.7 Å². The molecule has 0 fully saturated rings. The molecule has 28 heavy (non-hydrogen) atoms. The molecule has 5 nitrogen and oxygen atoms in total. The van der Waals surface area contributed by atoms with Crippen LogP contribution in [0.25, 0.3) is 32.9 Å². The van der Waals surface area contributed by atoms with E-state index in [-0.39, 0.29) is 6.04 Å². The first-order valence-electron chi connectivity index (χ1n) is 9.21. The summed E-state index contributed by atoms with van der Waals surface area (Å²) in [5.74, 6) is 1.44. The molecular weight excluding hydrogens is 368 g/mol. The molecule has 3 aromatic heterocycles. The Morgan fingerprint density at radius 3 is 2.57 bits per heavy atom. The second-order valence-corrected chi connectivity index (χ2v) is 7.89. The number of hydrogen-bond donors (Lipinski definition) is 1. The molecular formula is C22H22N4OS. The van der Waals surface area contributed by atoms with Crippen LogP contribution in [0.3, 0.4) is 0 Å². The number of anilines is 1. The summed E-state index contributed by atoms with van der Waals surface area (Å²) in [6.07, 6.45) is 1.76. The second-order valence-electron chi connectivity index (χ2n) is 6.69. The summed E-state index contributed by atoms with van der Waals surface area (Å²) >= 11 is 1.69. The van der Waals surface area contributed by atoms with Crippen molar-refractivity contribution < 1.29 is 4.74 Å². The van der Waals surface area contributed by atoms with Crippen molar-refractivity contribution in [3.63, 3.8) is 0 Å². The predicted octanol–water partition coefficient (Wildman–Crippen LogP) is 5.18. The fourth-order valence-electron chi connectivity index (χ4n) is 3.30. The summed E-state index contributed by atoms with van der Waals surface area (Å²) in [5, 5.41) is 4.57. The minimum atomic E-state index is 0.114. The molecule has 6 heteroatoms. The fraction of sp³-hybridized carbons (Fsp3) is 0.227. The van der Waals surface area contributed by atoms with Crippen LogP contribution in [0, 0.1) is 6.92 Å². The number of pyridine rings is 1. The molecule has 0 amide bonds. The lowest BCUT2D eigenvalue weighted by atomic mass is 10.0. The first-order valence-corrected chi connectivity index (χ1v) is 10.0. The SMILES string of the molecule is COCC(C)Nc1nc(-c2ccccn2)nc2sc(C)c(-c3ccccc3)c12. The Morgan fingerprint density at radius 1 is 1.07 bits per heavy atom. The molecule has 1 aromatic carbocycles. The summed E-state index contributed by atoms with van der Waals surface area (Å²) in [7, 11) is 1.71. The number of rotatable bonds is 6. The van der Waals surface area contributed by atoms with E-state index in [4.69, 9.17) is 14.7 Å². The van der Waals surface area contributed by atoms with E-state index in [1.807, 2.05) is 24.3 Å². The molecule has 142 valence electrons. The van der Waals surface area contributed by atoms with Crippen LogP contribution in [0.5, 0.6) is 0 Å². The van der Waals surface area contributed by atoms with Crippen LogP contribution in [0.4, 0.5) is 5.82 Å². The average molecular weight is 391 g/mol. The smallest absolute Gasteiger partial charge is 0.181 e. The Morgan fingerprint density at radius 2 is 1.86 bits per heavy atom. The lowest BCUT2D eigenvalue weighted by Gasteiger charge is -2.16. The van der Waals surface area contributed by atoms with Crippen molar-refractivity contribution in [3.05, 3.63) is 59.6 Å². The average Bonchev–Trinajstić information content (AvgIpc) is 3.05. The number of aromatic nitrogens is 3. The highest BCUT2D eigenvalue weighted by Gasteiger charge is 2.20. The van der Waals surface area contributed by atoms with Gasteiger partial charge in [0.25, 0.3) is 0 Å². The molecule has 0 radical (unpaired) electrons. The molecule has 4 rings (SSSR count). The summed E-state index contributed by atoms with van der Waals surface area (Å²) in [5.41, 5.74) is 3.11. The lowest BCUT2D eigenvalue weighted by Crippen LogP contribution is -2.22. The van der Waals surface area contributed by atoms with Crippen molar-refractivity contribution in [3.8, 4) is 22.6 Å². The summed E-state index contributed by atoms with van der Waals surface area (Å²) in [6.45, 7) is 4.81. The van der Waals surface area contributed by atoms with Crippen molar-refractivity contribution in [1.29, 1.82) is 0 Å². The molecule has 0 bridgehead atoms. The first kappa shape index (κ1) is 18.5. The van der Waals surface area contributed by atoms with Gasteiger partial charge in [0, 0.05) is 29.8 Å². The van der Waals surface area contributed by atoms with E-state index in [9.17, 15) is 0 Å². The van der Waals surface area contributed by atoms with E-state index in [0.29, 0.717) is 12.4 Å². The zero-order chi connectivity index (χ0) is 19.5. The molecule has 3 heterocycles. The maximum absolute atomic E-state index is 5.31. The first-order chi connectivity index (χ1) is 13.7. The van der Waals surface area contributed by atoms with Crippen molar-refractivity contribution in [2.75, 3.05) is 19.0 Å². The minimum absolute atomic E-state index is 0.114. The maximum Gasteiger partial charge on any atom is 0.181 e. The van der Waals surface area contributed by atoms with Gasteiger partial charge in [-0.2, -0.15) is 0 Å². The Balaban J connectivity index is 1.94. The third-order valence-corrected chi connectivity index (χ3v) is 5.48. The van der Waals surface area contributed by atoms with Crippen LogP contribution in [-0.2, 0) is 4.74 Å². The summed E-state index contributed by atoms with van der Waals surface area (Å²) in [4.78, 5) is 16.3. The highest BCUT2D eigenvalue weighted by Crippen LogP contribution is 2.41. The monoisotopic (exact) mass is 390 g/mol. The number of thiophene rings is 1. The number of benzene rings is 1. The molecule has 0 spiro atoms. The van der Waals surface area contributed by atoms with Gasteiger partial charge in [0.05, 0.1) is 12.0 Å². The fourth-order valence-corrected chi connectivity index (χ4v) is 4.35. The lowest BCUT2D eigenvalue weighted by molar-refractivity contribution is 0.190. The van der Waals surface area contributed by atoms with Gasteiger partial charge < -0.3 is 10.1 Å². The molecule has 1 atom stereocenters. The number of nitrogens with one attached hydrogen (secondary N) is 1. The van der Waals surface area contributed by atoms with Crippen molar-refractivity contribution in [1.82, 2.24) is 15.0 Å². The molecule has 0 saturated heterocycles. The zero-order valence-corrected chi connectivity index (χ0v) is 17.0. The van der Waals surface area contributed by atoms with E-state index in [1.165, 1.54) is 16.0 Å². The van der Waals surface area contributed by atoms with Crippen LogP contribution in [-0.4, -0.2) is 34.7 Å². The van der Waals surface area contributed by atoms with E-state index in [2.05, 4.69) is 48.4 Å². The zero-order valence-electron chi connectivity index (χ0n) is 16.1. The van der Waals surface area contributed by atoms with Gasteiger partial charge in [0.2, 0.25) is 0 Å². The molecule has 0 saturated carbocycles. The highest BCUT2D eigenvalue weighted by molar-refractivity contribution is 7.19. The molecule has 0 aliphatic rings. The van der Waals surface area contributed by atoms with Gasteiger partial charge in [0.1, 0.15) is 16.3 Å². The third-order valence-electron chi connectivity index (χ3n) is 4.48. The number of nitrogens with zero attached hydrogens (tertiary/aromatic N) is 3. The van der Waals surface area contributed by atoms with Gasteiger partial charge in [-0.3, -0.25) is 4.98 Å². The van der Waals surface area contributed by atoms with Gasteiger partial charge in [-0.25, -0.2) is 9.97 Å². The largest absolute Gasteiger partial charge is 0.383 e. The summed E-state index contributed by atoms with van der Waals surface area (Å²) in [6, 6.07) is 16.3. The summed E-state index contributed by atoms with van der Waals surface area (Å²) < 4.78 is 5.31. The van der Waals surface area contributed by atoms with E-state index >= 15 is 0 Å². The standard InChI is InChI=1S/C22H22N4OS/c1-14(13-27-3)24-21-19-18(16-9-5-4-6-10-16)15(2)28-22(19)26-20(25-21)17-11-7-8-12-23-17/h4-12,14H,13H2,1-3H3,(H,24,25,26). The van der Waals surface area contributed by atoms with Crippen molar-refractivity contribution in [2.45, 2.75) is 19.9 Å². The number of fused-ring (bicyclic) bond motifs is 1. The normalized spacial score (nSPS) is 12.2.